The summed E-state index contributed by atoms with van der Waals surface area (Å²) in [5, 5.41) is 7.79. The van der Waals surface area contributed by atoms with Crippen molar-refractivity contribution in [2.45, 2.75) is 31.7 Å². The van der Waals surface area contributed by atoms with Gasteiger partial charge in [0.15, 0.2) is 0 Å². The molecule has 2 heterocycles. The van der Waals surface area contributed by atoms with Crippen molar-refractivity contribution in [1.29, 1.82) is 0 Å². The summed E-state index contributed by atoms with van der Waals surface area (Å²) in [6.07, 6.45) is 5.08. The molecule has 182 valence electrons. The zero-order valence-corrected chi connectivity index (χ0v) is 20.7. The lowest BCUT2D eigenvalue weighted by molar-refractivity contribution is -0.134. The van der Waals surface area contributed by atoms with E-state index in [9.17, 15) is 4.79 Å². The number of H-pyrrole nitrogens is 1. The molecule has 1 aromatic heterocycles. The summed E-state index contributed by atoms with van der Waals surface area (Å²) >= 11 is 6.30. The standard InChI is InChI=1S/C27H30ClN5O2/c1-29-17-30-32(2)13-3-15-35-21-9-6-18(7-10-21)26-25-22(12-14-33(26)27(34)19-4-5-19)23-16-20(28)8-11-24(23)31-25/h6-11,16-17,19,26,31H,1,3-5,12-15H2,2H3/b30-17-. The van der Waals surface area contributed by atoms with Crippen molar-refractivity contribution in [1.82, 2.24) is 14.9 Å². The van der Waals surface area contributed by atoms with Crippen LogP contribution in [-0.2, 0) is 11.2 Å². The zero-order valence-electron chi connectivity index (χ0n) is 19.9. The van der Waals surface area contributed by atoms with E-state index in [2.05, 4.69) is 38.8 Å². The second-order valence-corrected chi connectivity index (χ2v) is 9.67. The van der Waals surface area contributed by atoms with E-state index in [1.54, 1.807) is 5.01 Å². The number of fused-ring (bicyclic) bond motifs is 3. The van der Waals surface area contributed by atoms with Gasteiger partial charge < -0.3 is 14.6 Å². The van der Waals surface area contributed by atoms with Crippen molar-refractivity contribution < 1.29 is 9.53 Å². The molecule has 0 radical (unpaired) electrons. The van der Waals surface area contributed by atoms with Gasteiger partial charge in [0.1, 0.15) is 12.1 Å². The Kier molecular flexibility index (Phi) is 6.77. The molecule has 1 aliphatic carbocycles. The molecule has 1 fully saturated rings. The summed E-state index contributed by atoms with van der Waals surface area (Å²) < 4.78 is 5.94. The summed E-state index contributed by atoms with van der Waals surface area (Å²) in [5.74, 6) is 1.24. The maximum Gasteiger partial charge on any atom is 0.226 e. The summed E-state index contributed by atoms with van der Waals surface area (Å²) in [5.41, 5.74) is 4.49. The van der Waals surface area contributed by atoms with Crippen LogP contribution in [0.25, 0.3) is 10.9 Å². The number of nitrogens with one attached hydrogen (secondary N) is 1. The Morgan fingerprint density at radius 2 is 2.09 bits per heavy atom. The summed E-state index contributed by atoms with van der Waals surface area (Å²) in [7, 11) is 1.89. The van der Waals surface area contributed by atoms with Crippen molar-refractivity contribution in [3.05, 3.63) is 64.3 Å². The third-order valence-electron chi connectivity index (χ3n) is 6.72. The van der Waals surface area contributed by atoms with E-state index in [1.165, 1.54) is 11.9 Å². The fraction of sp³-hybridized carbons (Fsp3) is 0.370. The van der Waals surface area contributed by atoms with Crippen LogP contribution in [0, 0.1) is 5.92 Å². The largest absolute Gasteiger partial charge is 0.494 e. The van der Waals surface area contributed by atoms with E-state index < -0.39 is 0 Å². The molecule has 1 amide bonds. The topological polar surface area (TPSA) is 73.3 Å². The Morgan fingerprint density at radius 1 is 1.29 bits per heavy atom. The van der Waals surface area contributed by atoms with Gasteiger partial charge in [-0.15, -0.1) is 0 Å². The molecule has 0 bridgehead atoms. The lowest BCUT2D eigenvalue weighted by Gasteiger charge is -2.36. The molecular weight excluding hydrogens is 462 g/mol. The van der Waals surface area contributed by atoms with Crippen molar-refractivity contribution in [2.24, 2.45) is 16.0 Å². The van der Waals surface area contributed by atoms with Crippen LogP contribution in [0.15, 0.2) is 52.6 Å². The molecule has 3 aromatic rings. The predicted molar refractivity (Wildman–Crippen MR) is 141 cm³/mol. The highest BCUT2D eigenvalue weighted by Gasteiger charge is 2.40. The number of hydrazone groups is 1. The molecule has 0 spiro atoms. The van der Waals surface area contributed by atoms with Crippen LogP contribution in [0.2, 0.25) is 5.02 Å². The minimum Gasteiger partial charge on any atom is -0.494 e. The van der Waals surface area contributed by atoms with E-state index in [-0.39, 0.29) is 17.9 Å². The highest BCUT2D eigenvalue weighted by Crippen LogP contribution is 2.42. The molecule has 7 nitrogen and oxygen atoms in total. The highest BCUT2D eigenvalue weighted by molar-refractivity contribution is 6.31. The number of aromatic amines is 1. The summed E-state index contributed by atoms with van der Waals surface area (Å²) in [6.45, 7) is 5.44. The maximum atomic E-state index is 13.2. The summed E-state index contributed by atoms with van der Waals surface area (Å²) in [6, 6.07) is 13.9. The second kappa shape index (κ2) is 10.1. The Hall–Kier alpha value is -3.32. The fourth-order valence-electron chi connectivity index (χ4n) is 4.82. The summed E-state index contributed by atoms with van der Waals surface area (Å²) in [4.78, 5) is 22.5. The lowest BCUT2D eigenvalue weighted by atomic mass is 9.92. The van der Waals surface area contributed by atoms with Crippen LogP contribution < -0.4 is 4.74 Å². The number of rotatable bonds is 9. The molecule has 0 saturated heterocycles. The third kappa shape index (κ3) is 5.05. The van der Waals surface area contributed by atoms with E-state index in [4.69, 9.17) is 16.3 Å². The SMILES string of the molecule is C=N/C=N\N(C)CCCOc1ccc(C2c3[nH]c4ccc(Cl)cc4c3CCN2C(=O)C2CC2)cc1. The first-order chi connectivity index (χ1) is 17.0. The fourth-order valence-corrected chi connectivity index (χ4v) is 4.99. The molecule has 1 unspecified atom stereocenters. The van der Waals surface area contributed by atoms with Crippen molar-refractivity contribution >= 4 is 41.5 Å². The van der Waals surface area contributed by atoms with Crippen LogP contribution in [0.1, 0.15) is 42.1 Å². The Bertz CT molecular complexity index is 1250. The van der Waals surface area contributed by atoms with E-state index in [0.29, 0.717) is 13.2 Å². The first-order valence-electron chi connectivity index (χ1n) is 12.1. The number of hydrogen-bond acceptors (Lipinski definition) is 4. The van der Waals surface area contributed by atoms with Gasteiger partial charge in [0, 0.05) is 54.1 Å². The van der Waals surface area contributed by atoms with Crippen molar-refractivity contribution in [3.8, 4) is 5.75 Å². The number of amides is 1. The van der Waals surface area contributed by atoms with Gasteiger partial charge in [-0.3, -0.25) is 14.8 Å². The van der Waals surface area contributed by atoms with Crippen molar-refractivity contribution in [2.75, 3.05) is 26.7 Å². The number of aliphatic imine (C=N–C) groups is 1. The Morgan fingerprint density at radius 3 is 2.83 bits per heavy atom. The minimum atomic E-state index is -0.142. The molecule has 5 rings (SSSR count). The molecule has 2 aliphatic rings. The van der Waals surface area contributed by atoms with E-state index in [0.717, 1.165) is 65.2 Å². The van der Waals surface area contributed by atoms with Crippen LogP contribution in [-0.4, -0.2) is 60.6 Å². The van der Waals surface area contributed by atoms with Gasteiger partial charge in [-0.1, -0.05) is 23.7 Å². The predicted octanol–water partition coefficient (Wildman–Crippen LogP) is 5.05. The molecular formula is C27H30ClN5O2. The number of carbonyl (C=O) groups excluding carboxylic acids is 1. The molecule has 2 aromatic carbocycles. The maximum absolute atomic E-state index is 13.2. The normalized spacial score (nSPS) is 17.5. The molecule has 1 saturated carbocycles. The van der Waals surface area contributed by atoms with Gasteiger partial charge in [0.25, 0.3) is 0 Å². The number of halogens is 1. The second-order valence-electron chi connectivity index (χ2n) is 9.23. The number of carbonyl (C=O) groups is 1. The van der Waals surface area contributed by atoms with Gasteiger partial charge in [-0.25, -0.2) is 0 Å². The number of hydrogen-bond donors (Lipinski definition) is 1. The highest BCUT2D eigenvalue weighted by atomic mass is 35.5. The van der Waals surface area contributed by atoms with Gasteiger partial charge in [-0.05, 0) is 67.4 Å². The molecule has 8 heteroatoms. The zero-order chi connectivity index (χ0) is 24.4. The van der Waals surface area contributed by atoms with Gasteiger partial charge >= 0.3 is 0 Å². The van der Waals surface area contributed by atoms with Gasteiger partial charge in [-0.2, -0.15) is 5.10 Å². The Balaban J connectivity index is 1.35. The Labute approximate surface area is 210 Å². The number of aromatic nitrogens is 1. The van der Waals surface area contributed by atoms with Crippen LogP contribution >= 0.6 is 11.6 Å². The van der Waals surface area contributed by atoms with Crippen molar-refractivity contribution in [3.63, 3.8) is 0 Å². The lowest BCUT2D eigenvalue weighted by Crippen LogP contribution is -2.41. The average molecular weight is 492 g/mol. The average Bonchev–Trinajstić information content (AvgIpc) is 3.66. The monoisotopic (exact) mass is 491 g/mol. The van der Waals surface area contributed by atoms with Crippen LogP contribution in [0.5, 0.6) is 5.75 Å². The third-order valence-corrected chi connectivity index (χ3v) is 6.95. The first kappa shape index (κ1) is 23.4. The molecule has 1 N–H and O–H groups in total. The molecule has 1 atom stereocenters. The smallest absolute Gasteiger partial charge is 0.226 e. The molecule has 35 heavy (non-hydrogen) atoms. The number of nitrogens with zero attached hydrogens (tertiary/aromatic N) is 4. The first-order valence-corrected chi connectivity index (χ1v) is 12.5. The number of benzene rings is 2. The number of ether oxygens (including phenoxy) is 1. The molecule has 1 aliphatic heterocycles. The van der Waals surface area contributed by atoms with Crippen LogP contribution in [0.3, 0.4) is 0 Å². The van der Waals surface area contributed by atoms with Gasteiger partial charge in [0.05, 0.1) is 12.6 Å². The van der Waals surface area contributed by atoms with Crippen LogP contribution in [0.4, 0.5) is 0 Å². The van der Waals surface area contributed by atoms with Gasteiger partial charge in [0.2, 0.25) is 5.91 Å². The van der Waals surface area contributed by atoms with E-state index >= 15 is 0 Å². The quantitative estimate of drug-likeness (QED) is 0.197. The minimum absolute atomic E-state index is 0.142. The van der Waals surface area contributed by atoms with E-state index in [1.807, 2.05) is 37.4 Å².